The number of nitrogens with one attached hydrogen (secondary N) is 2. The Hall–Kier alpha value is -3.76. The third-order valence-electron chi connectivity index (χ3n) is 5.47. The van der Waals surface area contributed by atoms with Gasteiger partial charge in [-0.05, 0) is 36.2 Å². The molecular weight excluding hydrogens is 438 g/mol. The van der Waals surface area contributed by atoms with E-state index < -0.39 is 18.3 Å². The van der Waals surface area contributed by atoms with Gasteiger partial charge in [-0.3, -0.25) is 19.4 Å². The number of hydrogen-bond acceptors (Lipinski definition) is 6. The lowest BCUT2D eigenvalue weighted by atomic mass is 9.96. The van der Waals surface area contributed by atoms with E-state index in [0.717, 1.165) is 0 Å². The second kappa shape index (κ2) is 10.2. The van der Waals surface area contributed by atoms with Gasteiger partial charge in [0, 0.05) is 45.2 Å². The molecular formula is C22H24F2N4O5. The van der Waals surface area contributed by atoms with Gasteiger partial charge in [0.05, 0.1) is 5.56 Å². The molecule has 0 bridgehead atoms. The fourth-order valence-electron chi connectivity index (χ4n) is 3.83. The topological polar surface area (TPSA) is 121 Å². The van der Waals surface area contributed by atoms with Gasteiger partial charge in [0.1, 0.15) is 5.69 Å². The first-order chi connectivity index (χ1) is 15.7. The summed E-state index contributed by atoms with van der Waals surface area (Å²) in [4.78, 5) is 41.8. The van der Waals surface area contributed by atoms with E-state index in [4.69, 9.17) is 0 Å². The number of nitrogens with zero attached hydrogens (tertiary/aromatic N) is 2. The lowest BCUT2D eigenvalue weighted by Gasteiger charge is -2.23. The Morgan fingerprint density at radius 3 is 2.58 bits per heavy atom. The van der Waals surface area contributed by atoms with Crippen LogP contribution in [0.1, 0.15) is 45.7 Å². The molecule has 2 aromatic rings. The molecule has 3 N–H and O–H groups in total. The molecule has 1 saturated heterocycles. The van der Waals surface area contributed by atoms with E-state index in [9.17, 15) is 28.3 Å². The van der Waals surface area contributed by atoms with Crippen molar-refractivity contribution in [1.29, 1.82) is 0 Å². The number of amides is 3. The van der Waals surface area contributed by atoms with Crippen LogP contribution in [0.3, 0.4) is 0 Å². The first kappa shape index (κ1) is 23.9. The molecule has 1 fully saturated rings. The average Bonchev–Trinajstić information content (AvgIpc) is 3.23. The van der Waals surface area contributed by atoms with E-state index in [1.165, 1.54) is 44.4 Å². The molecule has 2 atom stereocenters. The molecule has 0 radical (unpaired) electrons. The molecule has 1 aliphatic heterocycles. The number of hydrogen-bond donors (Lipinski definition) is 3. The molecule has 0 spiro atoms. The van der Waals surface area contributed by atoms with E-state index in [1.54, 1.807) is 11.0 Å². The summed E-state index contributed by atoms with van der Waals surface area (Å²) in [5, 5.41) is 15.2. The minimum atomic E-state index is -3.05. The Balaban J connectivity index is 1.65. The normalized spacial score (nSPS) is 17.7. The number of pyridine rings is 1. The Bertz CT molecular complexity index is 1030. The Labute approximate surface area is 188 Å². The van der Waals surface area contributed by atoms with Crippen LogP contribution >= 0.6 is 0 Å². The summed E-state index contributed by atoms with van der Waals surface area (Å²) in [5.41, 5.74) is 1.12. The minimum absolute atomic E-state index is 0.131. The van der Waals surface area contributed by atoms with E-state index >= 15 is 0 Å². The number of phenols is 1. The number of carbonyl (C=O) groups is 3. The molecule has 0 aliphatic carbocycles. The molecule has 1 aliphatic rings. The van der Waals surface area contributed by atoms with Gasteiger partial charge in [0.2, 0.25) is 5.91 Å². The van der Waals surface area contributed by atoms with Crippen LogP contribution in [0.25, 0.3) is 0 Å². The zero-order valence-electron chi connectivity index (χ0n) is 18.0. The average molecular weight is 462 g/mol. The number of likely N-dealkylation sites (tertiary alicyclic amines) is 1. The van der Waals surface area contributed by atoms with Crippen LogP contribution in [-0.2, 0) is 4.79 Å². The van der Waals surface area contributed by atoms with Gasteiger partial charge in [-0.2, -0.15) is 8.78 Å². The van der Waals surface area contributed by atoms with E-state index in [1.807, 2.05) is 0 Å². The summed E-state index contributed by atoms with van der Waals surface area (Å²) in [5.74, 6) is -1.84. The van der Waals surface area contributed by atoms with Crippen LogP contribution in [0.4, 0.5) is 8.78 Å². The molecule has 1 aromatic heterocycles. The lowest BCUT2D eigenvalue weighted by Crippen LogP contribution is -2.42. The number of aromatic nitrogens is 1. The number of phenolic OH excluding ortho intramolecular Hbond substituents is 1. The van der Waals surface area contributed by atoms with Crippen LogP contribution in [0, 0.1) is 0 Å². The van der Waals surface area contributed by atoms with Crippen LogP contribution in [0.2, 0.25) is 0 Å². The van der Waals surface area contributed by atoms with Crippen LogP contribution in [0.15, 0.2) is 36.5 Å². The predicted octanol–water partition coefficient (Wildman–Crippen LogP) is 1.88. The number of ether oxygens (including phenoxy) is 1. The van der Waals surface area contributed by atoms with Crippen LogP contribution in [0.5, 0.6) is 11.5 Å². The molecule has 1 aromatic carbocycles. The van der Waals surface area contributed by atoms with Crippen molar-refractivity contribution in [2.24, 2.45) is 0 Å². The maximum absolute atomic E-state index is 12.5. The van der Waals surface area contributed by atoms with E-state index in [-0.39, 0.29) is 41.8 Å². The van der Waals surface area contributed by atoms with Crippen molar-refractivity contribution in [3.63, 3.8) is 0 Å². The molecule has 0 saturated carbocycles. The number of rotatable bonds is 7. The summed E-state index contributed by atoms with van der Waals surface area (Å²) in [6.45, 7) is -1.10. The highest BCUT2D eigenvalue weighted by Crippen LogP contribution is 2.36. The minimum Gasteiger partial charge on any atom is -0.504 e. The number of benzene rings is 1. The van der Waals surface area contributed by atoms with Crippen molar-refractivity contribution in [3.05, 3.63) is 53.3 Å². The SMILES string of the molecule is CNC(=O)c1ccc(C(=O)NC[C@H]2C[C@@H](c3ccc(OC(F)F)c(O)c3)CN2C(C)=O)nc1. The van der Waals surface area contributed by atoms with Crippen LogP contribution in [-0.4, -0.2) is 65.5 Å². The second-order valence-electron chi connectivity index (χ2n) is 7.58. The molecule has 9 nitrogen and oxygen atoms in total. The standard InChI is InChI=1S/C22H24F2N4O5/c1-12(29)28-11-15(13-4-6-19(18(30)8-13)33-22(23)24)7-16(28)10-27-21(32)17-5-3-14(9-26-17)20(31)25-2/h3-6,8-9,15-16,22,30H,7,10-11H2,1-2H3,(H,25,31)(H,27,32)/t15-,16-/m1/s1. The fraction of sp³-hybridized carbons (Fsp3) is 0.364. The summed E-state index contributed by atoms with van der Waals surface area (Å²) in [6.07, 6.45) is 1.80. The van der Waals surface area contributed by atoms with Gasteiger partial charge < -0.3 is 25.4 Å². The largest absolute Gasteiger partial charge is 0.504 e. The van der Waals surface area contributed by atoms with Gasteiger partial charge in [-0.1, -0.05) is 6.07 Å². The van der Waals surface area contributed by atoms with Crippen molar-refractivity contribution >= 4 is 17.7 Å². The van der Waals surface area contributed by atoms with E-state index in [2.05, 4.69) is 20.4 Å². The summed E-state index contributed by atoms with van der Waals surface area (Å²) < 4.78 is 29.1. The molecule has 11 heteroatoms. The number of halogens is 2. The zero-order valence-corrected chi connectivity index (χ0v) is 18.0. The smallest absolute Gasteiger partial charge is 0.387 e. The molecule has 176 valence electrons. The molecule has 3 amide bonds. The van der Waals surface area contributed by atoms with Crippen molar-refractivity contribution in [1.82, 2.24) is 20.5 Å². The van der Waals surface area contributed by atoms with Gasteiger partial charge in [-0.15, -0.1) is 0 Å². The Morgan fingerprint density at radius 1 is 1.24 bits per heavy atom. The molecule has 3 rings (SSSR count). The quantitative estimate of drug-likeness (QED) is 0.578. The second-order valence-corrected chi connectivity index (χ2v) is 7.58. The van der Waals surface area contributed by atoms with Gasteiger partial charge in [0.15, 0.2) is 11.5 Å². The van der Waals surface area contributed by atoms with Crippen LogP contribution < -0.4 is 15.4 Å². The zero-order chi connectivity index (χ0) is 24.1. The Morgan fingerprint density at radius 2 is 2.00 bits per heavy atom. The van der Waals surface area contributed by atoms with Gasteiger partial charge >= 0.3 is 6.61 Å². The third kappa shape index (κ3) is 5.73. The van der Waals surface area contributed by atoms with Gasteiger partial charge in [0.25, 0.3) is 11.8 Å². The van der Waals surface area contributed by atoms with Crippen molar-refractivity contribution < 1.29 is 33.0 Å². The first-order valence-corrected chi connectivity index (χ1v) is 10.2. The third-order valence-corrected chi connectivity index (χ3v) is 5.47. The molecule has 33 heavy (non-hydrogen) atoms. The van der Waals surface area contributed by atoms with E-state index in [0.29, 0.717) is 24.1 Å². The summed E-state index contributed by atoms with van der Waals surface area (Å²) in [6, 6.07) is 6.80. The molecule has 0 unspecified atom stereocenters. The highest BCUT2D eigenvalue weighted by atomic mass is 19.3. The summed E-state index contributed by atoms with van der Waals surface area (Å²) >= 11 is 0. The first-order valence-electron chi connectivity index (χ1n) is 10.2. The number of aromatic hydroxyl groups is 1. The molecule has 2 heterocycles. The Kier molecular flexibility index (Phi) is 7.41. The highest BCUT2D eigenvalue weighted by molar-refractivity contribution is 5.96. The monoisotopic (exact) mass is 462 g/mol. The lowest BCUT2D eigenvalue weighted by molar-refractivity contribution is -0.129. The maximum atomic E-state index is 12.5. The number of carbonyl (C=O) groups excluding carboxylic acids is 3. The van der Waals surface area contributed by atoms with Gasteiger partial charge in [-0.25, -0.2) is 0 Å². The highest BCUT2D eigenvalue weighted by Gasteiger charge is 2.35. The summed E-state index contributed by atoms with van der Waals surface area (Å²) in [7, 11) is 1.49. The van der Waals surface area contributed by atoms with Crippen molar-refractivity contribution in [3.8, 4) is 11.5 Å². The van der Waals surface area contributed by atoms with Crippen molar-refractivity contribution in [2.75, 3.05) is 20.1 Å². The maximum Gasteiger partial charge on any atom is 0.387 e. The fourth-order valence-corrected chi connectivity index (χ4v) is 3.83. The van der Waals surface area contributed by atoms with Crippen molar-refractivity contribution in [2.45, 2.75) is 31.9 Å². The predicted molar refractivity (Wildman–Crippen MR) is 113 cm³/mol. The number of alkyl halides is 2.